The van der Waals surface area contributed by atoms with Crippen LogP contribution in [0.3, 0.4) is 0 Å². The summed E-state index contributed by atoms with van der Waals surface area (Å²) in [4.78, 5) is 0. The van der Waals surface area contributed by atoms with Crippen LogP contribution in [0, 0.1) is 0 Å². The fourth-order valence-corrected chi connectivity index (χ4v) is 3.84. The van der Waals surface area contributed by atoms with Crippen LogP contribution in [0.5, 0.6) is 0 Å². The van der Waals surface area contributed by atoms with E-state index >= 15 is 0 Å². The molecule has 3 rings (SSSR count). The first-order chi connectivity index (χ1) is 15.7. The topological polar surface area (TPSA) is 148 Å². The third-order valence-corrected chi connectivity index (χ3v) is 7.12. The van der Waals surface area contributed by atoms with Gasteiger partial charge in [-0.15, -0.1) is 0 Å². The number of ether oxygens (including phenoxy) is 1. The number of hydrogen-bond acceptors (Lipinski definition) is 16. The fourth-order valence-electron chi connectivity index (χ4n) is 1.19. The van der Waals surface area contributed by atoms with Gasteiger partial charge in [-0.25, -0.2) is 0 Å². The average Bonchev–Trinajstić information content (AvgIpc) is 2.72. The third-order valence-electron chi connectivity index (χ3n) is 2.45. The lowest BCUT2D eigenvalue weighted by molar-refractivity contribution is -0.0550. The van der Waals surface area contributed by atoms with Gasteiger partial charge in [-0.2, -0.15) is 0 Å². The standard InChI is InChI=1S/C4H10O6P2.C4H11O4P.C3H6O6P2/c1-5-11(6-2)7-3-8-12-9-4-10-12;1-5-4-8-9(6-2)7-3;1-4-10(5-1)8-3-9-11-6-2-7-11/h3-4H2,1-2H3;4H2,1-3H3;1-3H2. The second-order valence-electron chi connectivity index (χ2n) is 4.26. The Hall–Kier alpha value is 1.51. The molecule has 3 fully saturated rings. The van der Waals surface area contributed by atoms with Gasteiger partial charge in [0.1, 0.15) is 0 Å². The van der Waals surface area contributed by atoms with Crippen molar-refractivity contribution in [3.63, 3.8) is 0 Å². The quantitative estimate of drug-likeness (QED) is 0.203. The molecule has 32 heavy (non-hydrogen) atoms. The van der Waals surface area contributed by atoms with Gasteiger partial charge in [0.05, 0.1) is 0 Å². The molecular formula is C11H27O16P5. The molecular weight excluding hydrogens is 543 g/mol. The molecule has 0 N–H and O–H groups in total. The molecule has 3 aliphatic rings. The Labute approximate surface area is 192 Å². The van der Waals surface area contributed by atoms with Gasteiger partial charge in [0.15, 0.2) is 40.8 Å². The molecule has 16 nitrogen and oxygen atoms in total. The molecule has 3 saturated heterocycles. The molecule has 0 amide bonds. The van der Waals surface area contributed by atoms with E-state index in [4.69, 9.17) is 67.9 Å². The SMILES string of the molecule is C1OP(OCOP2OCO2)O1.COCOP(OC)OC.COP(OC)OCOP1OCO1. The fraction of sp³-hybridized carbons (Fsp3) is 1.00. The predicted molar refractivity (Wildman–Crippen MR) is 111 cm³/mol. The van der Waals surface area contributed by atoms with Crippen molar-refractivity contribution in [1.29, 1.82) is 0 Å². The van der Waals surface area contributed by atoms with E-state index in [-0.39, 0.29) is 20.4 Å². The van der Waals surface area contributed by atoms with Gasteiger partial charge < -0.3 is 22.8 Å². The third kappa shape index (κ3) is 15.5. The maximum atomic E-state index is 5.00. The van der Waals surface area contributed by atoms with Crippen LogP contribution in [-0.2, 0) is 72.6 Å². The van der Waals surface area contributed by atoms with Crippen molar-refractivity contribution in [1.82, 2.24) is 0 Å². The van der Waals surface area contributed by atoms with E-state index in [1.165, 1.54) is 28.4 Å². The number of hydrogen-bond donors (Lipinski definition) is 0. The highest BCUT2D eigenvalue weighted by molar-refractivity contribution is 7.43. The maximum Gasteiger partial charge on any atom is 0.339 e. The summed E-state index contributed by atoms with van der Waals surface area (Å²) in [6.45, 7) is 1.28. The van der Waals surface area contributed by atoms with E-state index in [1.54, 1.807) is 7.11 Å². The van der Waals surface area contributed by atoms with Crippen LogP contribution in [0.15, 0.2) is 0 Å². The van der Waals surface area contributed by atoms with Crippen LogP contribution in [-0.4, -0.2) is 76.3 Å². The summed E-state index contributed by atoms with van der Waals surface area (Å²) in [6.07, 6.45) is 0. The van der Waals surface area contributed by atoms with Crippen LogP contribution >= 0.6 is 43.0 Å². The lowest BCUT2D eigenvalue weighted by Gasteiger charge is -2.26. The highest BCUT2D eigenvalue weighted by Crippen LogP contribution is 2.51. The summed E-state index contributed by atoms with van der Waals surface area (Å²) in [5, 5.41) is 0. The van der Waals surface area contributed by atoms with Crippen molar-refractivity contribution in [3.05, 3.63) is 0 Å². The Kier molecular flexibility index (Phi) is 21.5. The van der Waals surface area contributed by atoms with E-state index in [0.717, 1.165) is 0 Å². The van der Waals surface area contributed by atoms with Crippen molar-refractivity contribution in [2.75, 3.05) is 76.3 Å². The molecule has 0 spiro atoms. The van der Waals surface area contributed by atoms with Crippen LogP contribution in [0.25, 0.3) is 0 Å². The van der Waals surface area contributed by atoms with Crippen LogP contribution in [0.2, 0.25) is 0 Å². The van der Waals surface area contributed by atoms with Crippen molar-refractivity contribution in [2.45, 2.75) is 0 Å². The summed E-state index contributed by atoms with van der Waals surface area (Å²) in [6, 6.07) is 0. The lowest BCUT2D eigenvalue weighted by atomic mass is 11.4. The molecule has 0 radical (unpaired) electrons. The van der Waals surface area contributed by atoms with Crippen LogP contribution in [0.1, 0.15) is 0 Å². The van der Waals surface area contributed by atoms with Gasteiger partial charge in [-0.05, 0) is 0 Å². The minimum absolute atomic E-state index is 0.0547. The smallest absolute Gasteiger partial charge is 0.339 e. The Balaban J connectivity index is 0.000000243. The zero-order valence-electron chi connectivity index (χ0n) is 18.0. The minimum atomic E-state index is -1.29. The average molecular weight is 570 g/mol. The number of rotatable bonds is 15. The molecule has 0 saturated carbocycles. The van der Waals surface area contributed by atoms with Crippen molar-refractivity contribution >= 4 is 43.0 Å². The Morgan fingerprint density at radius 3 is 1.16 bits per heavy atom. The molecule has 3 heterocycles. The Morgan fingerprint density at radius 1 is 0.531 bits per heavy atom. The second kappa shape index (κ2) is 21.8. The molecule has 3 aliphatic heterocycles. The van der Waals surface area contributed by atoms with E-state index < -0.39 is 43.0 Å². The van der Waals surface area contributed by atoms with Gasteiger partial charge in [-0.1, -0.05) is 0 Å². The summed E-state index contributed by atoms with van der Waals surface area (Å²) >= 11 is 0. The molecule has 21 heteroatoms. The monoisotopic (exact) mass is 570 g/mol. The highest BCUT2D eigenvalue weighted by atomic mass is 31.2. The summed E-state index contributed by atoms with van der Waals surface area (Å²) < 4.78 is 77.4. The summed E-state index contributed by atoms with van der Waals surface area (Å²) in [7, 11) is 1.66. The predicted octanol–water partition coefficient (Wildman–Crippen LogP) is 4.29. The molecule has 0 bridgehead atoms. The molecule has 0 atom stereocenters. The summed E-state index contributed by atoms with van der Waals surface area (Å²) in [5.74, 6) is 0. The van der Waals surface area contributed by atoms with E-state index in [0.29, 0.717) is 20.4 Å². The zero-order valence-corrected chi connectivity index (χ0v) is 22.5. The van der Waals surface area contributed by atoms with Gasteiger partial charge in [0.2, 0.25) is 0 Å². The first-order valence-electron chi connectivity index (χ1n) is 8.24. The normalized spacial score (nSPS) is 18.8. The number of methoxy groups -OCH3 is 1. The molecule has 0 aromatic carbocycles. The van der Waals surface area contributed by atoms with Crippen LogP contribution in [0.4, 0.5) is 0 Å². The maximum absolute atomic E-state index is 5.00. The molecule has 0 unspecified atom stereocenters. The van der Waals surface area contributed by atoms with Gasteiger partial charge in [0.25, 0.3) is 0 Å². The summed E-state index contributed by atoms with van der Waals surface area (Å²) in [5.41, 5.74) is 0. The second-order valence-corrected chi connectivity index (χ2v) is 10.8. The molecule has 0 aliphatic carbocycles. The molecule has 0 aromatic rings. The van der Waals surface area contributed by atoms with Crippen molar-refractivity contribution in [3.8, 4) is 0 Å². The van der Waals surface area contributed by atoms with Crippen LogP contribution < -0.4 is 0 Å². The van der Waals surface area contributed by atoms with Crippen molar-refractivity contribution < 1.29 is 72.6 Å². The Morgan fingerprint density at radius 2 is 0.875 bits per heavy atom. The van der Waals surface area contributed by atoms with E-state index in [1.807, 2.05) is 0 Å². The zero-order chi connectivity index (χ0) is 23.4. The minimum Gasteiger partial charge on any atom is -0.358 e. The van der Waals surface area contributed by atoms with Crippen molar-refractivity contribution in [2.24, 2.45) is 0 Å². The molecule has 192 valence electrons. The first-order valence-corrected chi connectivity index (χ1v) is 13.7. The van der Waals surface area contributed by atoms with Gasteiger partial charge >= 0.3 is 43.0 Å². The van der Waals surface area contributed by atoms with Gasteiger partial charge in [0, 0.05) is 35.5 Å². The highest BCUT2D eigenvalue weighted by Gasteiger charge is 2.26. The van der Waals surface area contributed by atoms with E-state index in [2.05, 4.69) is 4.74 Å². The molecule has 0 aromatic heterocycles. The van der Waals surface area contributed by atoms with E-state index in [9.17, 15) is 0 Å². The van der Waals surface area contributed by atoms with Gasteiger partial charge in [-0.3, -0.25) is 49.8 Å². The first kappa shape index (κ1) is 31.5. The Bertz CT molecular complexity index is 398. The lowest BCUT2D eigenvalue weighted by Crippen LogP contribution is -2.12. The largest absolute Gasteiger partial charge is 0.358 e.